The van der Waals surface area contributed by atoms with Gasteiger partial charge in [0.2, 0.25) is 0 Å². The first-order valence-electron chi connectivity index (χ1n) is 5.87. The Labute approximate surface area is 125 Å². The van der Waals surface area contributed by atoms with Crippen LogP contribution in [0.25, 0.3) is 0 Å². The number of carbonyl (C=O) groups is 1. The van der Waals surface area contributed by atoms with Gasteiger partial charge in [0.25, 0.3) is 5.91 Å². The molecule has 1 aliphatic heterocycles. The number of halogens is 2. The lowest BCUT2D eigenvalue weighted by Crippen LogP contribution is -2.50. The highest BCUT2D eigenvalue weighted by Crippen LogP contribution is 2.26. The van der Waals surface area contributed by atoms with Gasteiger partial charge in [-0.05, 0) is 12.1 Å². The van der Waals surface area contributed by atoms with Gasteiger partial charge >= 0.3 is 0 Å². The summed E-state index contributed by atoms with van der Waals surface area (Å²) in [6, 6.07) is 4.87. The highest BCUT2D eigenvalue weighted by atomic mass is 35.5. The Bertz CT molecular complexity index is 530. The maximum atomic E-state index is 12.5. The van der Waals surface area contributed by atoms with E-state index >= 15 is 0 Å². The van der Waals surface area contributed by atoms with E-state index in [9.17, 15) is 4.79 Å². The van der Waals surface area contributed by atoms with Crippen LogP contribution in [0.1, 0.15) is 10.4 Å². The van der Waals surface area contributed by atoms with Crippen LogP contribution in [0.15, 0.2) is 23.4 Å². The Hall–Kier alpha value is -1.50. The minimum absolute atomic E-state index is 0.0762. The number of carbonyl (C=O) groups excluding carboxylic acids is 1. The van der Waals surface area contributed by atoms with Gasteiger partial charge in [-0.2, -0.15) is 0 Å². The van der Waals surface area contributed by atoms with E-state index < -0.39 is 6.10 Å². The van der Waals surface area contributed by atoms with Crippen LogP contribution >= 0.6 is 23.2 Å². The molecule has 2 rings (SSSR count). The third kappa shape index (κ3) is 2.98. The largest absolute Gasteiger partial charge is 0.409 e. The van der Waals surface area contributed by atoms with E-state index in [1.54, 1.807) is 18.2 Å². The zero-order chi connectivity index (χ0) is 14.7. The Kier molecular flexibility index (Phi) is 4.69. The van der Waals surface area contributed by atoms with Crippen LogP contribution in [0.4, 0.5) is 0 Å². The minimum atomic E-state index is -0.640. The van der Waals surface area contributed by atoms with Gasteiger partial charge in [0, 0.05) is 6.54 Å². The van der Waals surface area contributed by atoms with Crippen LogP contribution in [0.5, 0.6) is 0 Å². The second kappa shape index (κ2) is 6.30. The van der Waals surface area contributed by atoms with Gasteiger partial charge in [-0.3, -0.25) is 4.79 Å². The summed E-state index contributed by atoms with van der Waals surface area (Å²) in [6.45, 7) is 0.848. The molecule has 0 aromatic heterocycles. The van der Waals surface area contributed by atoms with Crippen LogP contribution in [0.3, 0.4) is 0 Å². The molecule has 1 heterocycles. The summed E-state index contributed by atoms with van der Waals surface area (Å²) in [5.41, 5.74) is 5.74. The topological polar surface area (TPSA) is 88.2 Å². The lowest BCUT2D eigenvalue weighted by atomic mass is 10.1. The molecule has 0 aliphatic carbocycles. The first-order chi connectivity index (χ1) is 9.54. The fourth-order valence-electron chi connectivity index (χ4n) is 1.94. The molecular weight excluding hydrogens is 305 g/mol. The van der Waals surface area contributed by atoms with Crippen molar-refractivity contribution in [3.05, 3.63) is 33.8 Å². The maximum Gasteiger partial charge on any atom is 0.257 e. The second-order valence-corrected chi connectivity index (χ2v) is 5.05. The molecule has 3 N–H and O–H groups in total. The summed E-state index contributed by atoms with van der Waals surface area (Å²) in [4.78, 5) is 14.0. The van der Waals surface area contributed by atoms with E-state index in [2.05, 4.69) is 5.16 Å². The fraction of sp³-hybridized carbons (Fsp3) is 0.333. The van der Waals surface area contributed by atoms with Gasteiger partial charge in [-0.25, -0.2) is 0 Å². The van der Waals surface area contributed by atoms with Crippen LogP contribution in [0.2, 0.25) is 10.0 Å². The van der Waals surface area contributed by atoms with Crippen LogP contribution in [-0.2, 0) is 4.74 Å². The Morgan fingerprint density at radius 3 is 2.70 bits per heavy atom. The number of hydrogen-bond donors (Lipinski definition) is 2. The first kappa shape index (κ1) is 14.9. The van der Waals surface area contributed by atoms with E-state index in [0.29, 0.717) is 6.54 Å². The average molecular weight is 318 g/mol. The number of benzene rings is 1. The number of rotatable bonds is 2. The number of ether oxygens (including phenoxy) is 1. The first-order valence-corrected chi connectivity index (χ1v) is 6.62. The van der Waals surface area contributed by atoms with E-state index in [1.165, 1.54) is 4.90 Å². The van der Waals surface area contributed by atoms with Crippen molar-refractivity contribution >= 4 is 34.9 Å². The van der Waals surface area contributed by atoms with Crippen molar-refractivity contribution in [2.24, 2.45) is 10.9 Å². The molecule has 1 amide bonds. The monoisotopic (exact) mass is 317 g/mol. The molecule has 1 fully saturated rings. The van der Waals surface area contributed by atoms with Crippen molar-refractivity contribution in [1.29, 1.82) is 0 Å². The maximum absolute atomic E-state index is 12.5. The van der Waals surface area contributed by atoms with Gasteiger partial charge in [-0.15, -0.1) is 0 Å². The van der Waals surface area contributed by atoms with Crippen molar-refractivity contribution in [2.45, 2.75) is 6.10 Å². The Morgan fingerprint density at radius 1 is 1.45 bits per heavy atom. The van der Waals surface area contributed by atoms with Gasteiger partial charge in [-0.1, -0.05) is 34.4 Å². The normalized spacial score (nSPS) is 20.0. The number of hydrogen-bond acceptors (Lipinski definition) is 4. The number of amides is 1. The average Bonchev–Trinajstić information content (AvgIpc) is 2.46. The zero-order valence-electron chi connectivity index (χ0n) is 10.4. The van der Waals surface area contributed by atoms with E-state index in [4.69, 9.17) is 38.9 Å². The molecule has 1 atom stereocenters. The summed E-state index contributed by atoms with van der Waals surface area (Å²) in [5, 5.41) is 12.1. The third-order valence-electron chi connectivity index (χ3n) is 2.98. The Morgan fingerprint density at radius 2 is 2.10 bits per heavy atom. The molecule has 0 bridgehead atoms. The van der Waals surface area contributed by atoms with Crippen molar-refractivity contribution in [3.63, 3.8) is 0 Å². The molecule has 0 saturated carbocycles. The van der Waals surface area contributed by atoms with Crippen LogP contribution in [0, 0.1) is 0 Å². The molecule has 1 saturated heterocycles. The van der Waals surface area contributed by atoms with Crippen molar-refractivity contribution in [2.75, 3.05) is 19.7 Å². The molecule has 0 radical (unpaired) electrons. The van der Waals surface area contributed by atoms with Crippen molar-refractivity contribution < 1.29 is 14.7 Å². The van der Waals surface area contributed by atoms with Crippen molar-refractivity contribution in [1.82, 2.24) is 4.90 Å². The van der Waals surface area contributed by atoms with Crippen molar-refractivity contribution in [3.8, 4) is 0 Å². The summed E-state index contributed by atoms with van der Waals surface area (Å²) >= 11 is 12.0. The van der Waals surface area contributed by atoms with Gasteiger partial charge in [0.05, 0.1) is 28.8 Å². The number of nitrogens with two attached hydrogens (primary N) is 1. The fourth-order valence-corrected chi connectivity index (χ4v) is 2.50. The Balaban J connectivity index is 2.21. The lowest BCUT2D eigenvalue weighted by Gasteiger charge is -2.32. The lowest BCUT2D eigenvalue weighted by molar-refractivity contribution is 0.00677. The number of amidine groups is 1. The van der Waals surface area contributed by atoms with Crippen LogP contribution < -0.4 is 5.73 Å². The number of morpholine rings is 1. The summed E-state index contributed by atoms with van der Waals surface area (Å²) in [6.07, 6.45) is -0.640. The molecule has 1 aromatic rings. The standard InChI is InChI=1S/C12H13Cl2N3O3/c13-7-2-1-3-8(14)10(7)12(18)17-4-5-20-9(6-17)11(15)16-19/h1-3,9,19H,4-6H2,(H2,15,16). The van der Waals surface area contributed by atoms with Gasteiger partial charge < -0.3 is 20.6 Å². The summed E-state index contributed by atoms with van der Waals surface area (Å²) in [5.74, 6) is -0.382. The third-order valence-corrected chi connectivity index (χ3v) is 3.61. The van der Waals surface area contributed by atoms with E-state index in [1.807, 2.05) is 0 Å². The van der Waals surface area contributed by atoms with E-state index in [0.717, 1.165) is 0 Å². The number of nitrogens with zero attached hydrogens (tertiary/aromatic N) is 2. The molecule has 1 aromatic carbocycles. The highest BCUT2D eigenvalue weighted by molar-refractivity contribution is 6.39. The highest BCUT2D eigenvalue weighted by Gasteiger charge is 2.29. The van der Waals surface area contributed by atoms with Gasteiger partial charge in [0.1, 0.15) is 6.10 Å². The second-order valence-electron chi connectivity index (χ2n) is 4.23. The molecule has 1 unspecified atom stereocenters. The molecule has 108 valence electrons. The number of oxime groups is 1. The molecular formula is C12H13Cl2N3O3. The smallest absolute Gasteiger partial charge is 0.257 e. The quantitative estimate of drug-likeness (QED) is 0.375. The minimum Gasteiger partial charge on any atom is -0.409 e. The van der Waals surface area contributed by atoms with Gasteiger partial charge in [0.15, 0.2) is 5.84 Å². The zero-order valence-corrected chi connectivity index (χ0v) is 11.9. The molecule has 6 nitrogen and oxygen atoms in total. The predicted molar refractivity (Wildman–Crippen MR) is 75.5 cm³/mol. The van der Waals surface area contributed by atoms with E-state index in [-0.39, 0.29) is 40.5 Å². The summed E-state index contributed by atoms with van der Waals surface area (Å²) in [7, 11) is 0. The molecule has 20 heavy (non-hydrogen) atoms. The van der Waals surface area contributed by atoms with Crippen LogP contribution in [-0.4, -0.2) is 47.7 Å². The SMILES string of the molecule is NC(=NO)C1CN(C(=O)c2c(Cl)cccc2Cl)CCO1. The summed E-state index contributed by atoms with van der Waals surface area (Å²) < 4.78 is 5.33. The molecule has 8 heteroatoms. The predicted octanol–water partition coefficient (Wildman–Crippen LogP) is 1.58. The molecule has 1 aliphatic rings. The molecule has 0 spiro atoms.